The van der Waals surface area contributed by atoms with E-state index < -0.39 is 0 Å². The number of carbonyl (C=O) groups excluding carboxylic acids is 2. The highest BCUT2D eigenvalue weighted by Crippen LogP contribution is 2.26. The first-order valence-corrected chi connectivity index (χ1v) is 18.7. The Labute approximate surface area is 320 Å². The molecule has 13 heteroatoms. The van der Waals surface area contributed by atoms with Crippen LogP contribution >= 0.6 is 0 Å². The minimum Gasteiger partial charge on any atom is -0.379 e. The minimum atomic E-state index is -0.116. The monoisotopic (exact) mass is 748 g/mol. The van der Waals surface area contributed by atoms with Crippen LogP contribution in [0.1, 0.15) is 33.6 Å². The van der Waals surface area contributed by atoms with Crippen LogP contribution in [-0.4, -0.2) is 110 Å². The third-order valence-electron chi connectivity index (χ3n) is 8.75. The Morgan fingerprint density at radius 1 is 0.491 bits per heavy atom. The van der Waals surface area contributed by atoms with Gasteiger partial charge < -0.3 is 43.5 Å². The normalized spacial score (nSPS) is 11.3. The summed E-state index contributed by atoms with van der Waals surface area (Å²) in [5.41, 5.74) is 4.97. The van der Waals surface area contributed by atoms with Gasteiger partial charge in [0.2, 0.25) is 0 Å². The predicted octanol–water partition coefficient (Wildman–Crippen LogP) is 5.39. The Morgan fingerprint density at radius 3 is 1.25 bits per heavy atom. The first-order valence-electron chi connectivity index (χ1n) is 18.7. The number of hydrogen-bond acceptors (Lipinski definition) is 9. The topological polar surface area (TPSA) is 140 Å². The maximum Gasteiger partial charge on any atom is 0.253 e. The highest BCUT2D eigenvalue weighted by molar-refractivity contribution is 6.08. The fraction of sp³-hybridized carbons (Fsp3) is 0.333. The van der Waals surface area contributed by atoms with Crippen molar-refractivity contribution in [3.05, 3.63) is 121 Å². The lowest BCUT2D eigenvalue weighted by Crippen LogP contribution is -2.25. The van der Waals surface area contributed by atoms with E-state index in [0.717, 1.165) is 33.2 Å². The Hall–Kier alpha value is -5.44. The number of pyridine rings is 2. The molecule has 0 fully saturated rings. The number of nitrogens with one attached hydrogen (secondary N) is 2. The molecule has 0 saturated heterocycles. The molecule has 55 heavy (non-hydrogen) atoms. The van der Waals surface area contributed by atoms with Gasteiger partial charge in [-0.05, 0) is 49.2 Å². The second-order valence-electron chi connectivity index (χ2n) is 12.6. The number of ether oxygens (including phenoxy) is 5. The van der Waals surface area contributed by atoms with E-state index in [1.54, 1.807) is 24.8 Å². The van der Waals surface area contributed by atoms with Gasteiger partial charge in [0.05, 0.1) is 98.8 Å². The summed E-state index contributed by atoms with van der Waals surface area (Å²) in [6.45, 7) is 5.84. The average molecular weight is 749 g/mol. The summed E-state index contributed by atoms with van der Waals surface area (Å²) >= 11 is 0. The molecule has 2 aromatic carbocycles. The third kappa shape index (κ3) is 11.3. The van der Waals surface area contributed by atoms with Crippen LogP contribution in [0.5, 0.6) is 0 Å². The molecule has 0 aliphatic heterocycles. The van der Waals surface area contributed by atoms with Gasteiger partial charge in [0.15, 0.2) is 0 Å². The number of nitrogens with zero attached hydrogens (tertiary/aromatic N) is 4. The Bertz CT molecular complexity index is 1920. The summed E-state index contributed by atoms with van der Waals surface area (Å²) in [6, 6.07) is 23.4. The summed E-state index contributed by atoms with van der Waals surface area (Å²) in [5.74, 6) is -0.231. The van der Waals surface area contributed by atoms with E-state index in [-0.39, 0.29) is 11.8 Å². The van der Waals surface area contributed by atoms with Crippen LogP contribution in [0.15, 0.2) is 110 Å². The van der Waals surface area contributed by atoms with Gasteiger partial charge in [0.25, 0.3) is 11.8 Å². The molecule has 0 saturated carbocycles. The molecule has 13 nitrogen and oxygen atoms in total. The lowest BCUT2D eigenvalue weighted by molar-refractivity contribution is -0.0112. The van der Waals surface area contributed by atoms with Crippen molar-refractivity contribution in [1.82, 2.24) is 29.7 Å². The molecule has 6 aromatic rings. The fourth-order valence-corrected chi connectivity index (χ4v) is 6.07. The van der Waals surface area contributed by atoms with Crippen molar-refractivity contribution in [2.24, 2.45) is 0 Å². The largest absolute Gasteiger partial charge is 0.379 e. The van der Waals surface area contributed by atoms with Crippen molar-refractivity contribution < 1.29 is 33.3 Å². The van der Waals surface area contributed by atoms with Gasteiger partial charge in [0, 0.05) is 61.9 Å². The zero-order valence-corrected chi connectivity index (χ0v) is 30.9. The van der Waals surface area contributed by atoms with Crippen molar-refractivity contribution in [2.45, 2.75) is 12.8 Å². The second kappa shape index (κ2) is 21.4. The molecular formula is C42H48N6O7. The molecule has 4 aromatic heterocycles. The summed E-state index contributed by atoms with van der Waals surface area (Å²) in [4.78, 5) is 34.3. The fourth-order valence-electron chi connectivity index (χ4n) is 6.07. The highest BCUT2D eigenvalue weighted by Gasteiger charge is 2.17. The van der Waals surface area contributed by atoms with E-state index in [0.29, 0.717) is 103 Å². The van der Waals surface area contributed by atoms with Crippen LogP contribution in [0.3, 0.4) is 0 Å². The number of benzene rings is 2. The Balaban J connectivity index is 0.716. The molecule has 288 valence electrons. The summed E-state index contributed by atoms with van der Waals surface area (Å²) in [6.07, 6.45) is 12.1. The molecule has 0 unspecified atom stereocenters. The molecule has 4 heterocycles. The number of hydrogen-bond donors (Lipinski definition) is 2. The van der Waals surface area contributed by atoms with Gasteiger partial charge >= 0.3 is 0 Å². The van der Waals surface area contributed by atoms with E-state index in [4.69, 9.17) is 23.7 Å². The Kier molecular flexibility index (Phi) is 15.3. The van der Waals surface area contributed by atoms with Crippen molar-refractivity contribution in [2.75, 3.05) is 79.2 Å². The van der Waals surface area contributed by atoms with Crippen LogP contribution in [0.25, 0.3) is 33.2 Å². The first-order chi connectivity index (χ1) is 27.2. The number of rotatable bonds is 24. The number of carbonyl (C=O) groups is 2. The lowest BCUT2D eigenvalue weighted by Gasteiger charge is -2.08. The predicted molar refractivity (Wildman–Crippen MR) is 210 cm³/mol. The van der Waals surface area contributed by atoms with Gasteiger partial charge in [-0.25, -0.2) is 0 Å². The molecule has 6 rings (SSSR count). The lowest BCUT2D eigenvalue weighted by atomic mass is 10.1. The van der Waals surface area contributed by atoms with Crippen molar-refractivity contribution in [1.29, 1.82) is 0 Å². The quantitative estimate of drug-likeness (QED) is 0.0781. The van der Waals surface area contributed by atoms with Crippen LogP contribution in [-0.2, 0) is 23.7 Å². The zero-order chi connectivity index (χ0) is 37.9. The van der Waals surface area contributed by atoms with Crippen LogP contribution in [0.2, 0.25) is 0 Å². The van der Waals surface area contributed by atoms with Gasteiger partial charge in [-0.15, -0.1) is 0 Å². The van der Waals surface area contributed by atoms with E-state index in [2.05, 4.69) is 20.6 Å². The van der Waals surface area contributed by atoms with Crippen LogP contribution < -0.4 is 10.6 Å². The van der Waals surface area contributed by atoms with Crippen LogP contribution in [0.4, 0.5) is 0 Å². The van der Waals surface area contributed by atoms with Gasteiger partial charge in [0.1, 0.15) is 0 Å². The Morgan fingerprint density at radius 2 is 0.873 bits per heavy atom. The number of aromatic nitrogens is 4. The van der Waals surface area contributed by atoms with E-state index in [1.165, 1.54) is 0 Å². The SMILES string of the molecule is O=C(NCCCOCCOCCOCCOCCOCCCNC(=O)c1cn(-c2cccnc2)c2ccccc12)c1cn(-c2cccnc2)c2ccccc12. The average Bonchev–Trinajstić information content (AvgIpc) is 3.82. The molecule has 0 atom stereocenters. The molecule has 0 spiro atoms. The second-order valence-corrected chi connectivity index (χ2v) is 12.6. The molecule has 0 bridgehead atoms. The standard InChI is InChI=1S/C42H48N6O7/c49-41(37-31-47(33-9-5-15-43-29-33)39-13-3-1-11-35(37)39)45-17-7-19-51-21-23-53-25-27-55-28-26-54-24-22-52-20-8-18-46-42(50)38-32-48(34-10-6-16-44-30-34)40-14-4-2-12-36(38)40/h1-6,9-16,29-32H,7-8,17-28H2,(H,45,49)(H,46,50). The van der Waals surface area contributed by atoms with E-state index >= 15 is 0 Å². The van der Waals surface area contributed by atoms with Crippen molar-refractivity contribution in [3.63, 3.8) is 0 Å². The van der Waals surface area contributed by atoms with Gasteiger partial charge in [-0.2, -0.15) is 0 Å². The molecule has 2 amide bonds. The molecule has 0 aliphatic carbocycles. The summed E-state index contributed by atoms with van der Waals surface area (Å²) < 4.78 is 32.0. The number of amides is 2. The third-order valence-corrected chi connectivity index (χ3v) is 8.75. The smallest absolute Gasteiger partial charge is 0.253 e. The van der Waals surface area contributed by atoms with E-state index in [1.807, 2.05) is 94.3 Å². The summed E-state index contributed by atoms with van der Waals surface area (Å²) in [7, 11) is 0. The molecular weight excluding hydrogens is 700 g/mol. The van der Waals surface area contributed by atoms with Crippen molar-refractivity contribution >= 4 is 33.6 Å². The van der Waals surface area contributed by atoms with Gasteiger partial charge in [-0.1, -0.05) is 36.4 Å². The molecule has 0 radical (unpaired) electrons. The van der Waals surface area contributed by atoms with E-state index in [9.17, 15) is 9.59 Å². The summed E-state index contributed by atoms with van der Waals surface area (Å²) in [5, 5.41) is 7.79. The highest BCUT2D eigenvalue weighted by atomic mass is 16.6. The zero-order valence-electron chi connectivity index (χ0n) is 30.9. The van der Waals surface area contributed by atoms with Gasteiger partial charge in [-0.3, -0.25) is 19.6 Å². The number of fused-ring (bicyclic) bond motifs is 2. The number of para-hydroxylation sites is 2. The maximum atomic E-state index is 13.0. The van der Waals surface area contributed by atoms with Crippen LogP contribution in [0, 0.1) is 0 Å². The maximum absolute atomic E-state index is 13.0. The first kappa shape index (κ1) is 39.3. The minimum absolute atomic E-state index is 0.116. The molecule has 2 N–H and O–H groups in total. The van der Waals surface area contributed by atoms with Crippen molar-refractivity contribution in [3.8, 4) is 11.4 Å². The molecule has 0 aliphatic rings.